The van der Waals surface area contributed by atoms with Crippen molar-refractivity contribution in [1.82, 2.24) is 0 Å². The molecule has 0 heterocycles. The third-order valence-corrected chi connectivity index (χ3v) is 4.42. The number of rotatable bonds is 5. The van der Waals surface area contributed by atoms with E-state index in [1.54, 1.807) is 12.1 Å². The van der Waals surface area contributed by atoms with Crippen molar-refractivity contribution in [1.29, 1.82) is 0 Å². The molecule has 2 aromatic carbocycles. The third-order valence-electron chi connectivity index (χ3n) is 3.23. The standard InChI is InChI=1S/C17H19FOS/c1-12-7-8-13(2)14(9-12)10-15(19)11-20-17-6-4-3-5-16(17)18/h3-9,15,19H,10-11H2,1-2H3. The fourth-order valence-corrected chi connectivity index (χ4v) is 2.95. The molecule has 20 heavy (non-hydrogen) atoms. The molecule has 1 atom stereocenters. The van der Waals surface area contributed by atoms with Gasteiger partial charge in [0.25, 0.3) is 0 Å². The van der Waals surface area contributed by atoms with Gasteiger partial charge in [0.15, 0.2) is 0 Å². The third kappa shape index (κ3) is 4.09. The van der Waals surface area contributed by atoms with Crippen LogP contribution in [0.5, 0.6) is 0 Å². The number of aryl methyl sites for hydroxylation is 2. The molecule has 0 aromatic heterocycles. The molecule has 0 saturated carbocycles. The molecule has 1 unspecified atom stereocenters. The van der Waals surface area contributed by atoms with Crippen molar-refractivity contribution in [2.24, 2.45) is 0 Å². The molecule has 0 aliphatic carbocycles. The lowest BCUT2D eigenvalue weighted by atomic mass is 10.0. The maximum Gasteiger partial charge on any atom is 0.136 e. The Kier molecular flexibility index (Phi) is 5.21. The van der Waals surface area contributed by atoms with Gasteiger partial charge >= 0.3 is 0 Å². The van der Waals surface area contributed by atoms with Crippen molar-refractivity contribution in [3.05, 3.63) is 65.0 Å². The van der Waals surface area contributed by atoms with E-state index in [9.17, 15) is 9.50 Å². The Bertz CT molecular complexity index is 583. The van der Waals surface area contributed by atoms with Gasteiger partial charge in [-0.2, -0.15) is 0 Å². The van der Waals surface area contributed by atoms with E-state index >= 15 is 0 Å². The molecule has 0 aliphatic heterocycles. The number of benzene rings is 2. The molecule has 0 radical (unpaired) electrons. The highest BCUT2D eigenvalue weighted by atomic mass is 32.2. The van der Waals surface area contributed by atoms with Crippen LogP contribution >= 0.6 is 11.8 Å². The van der Waals surface area contributed by atoms with Crippen molar-refractivity contribution in [3.63, 3.8) is 0 Å². The second-order valence-corrected chi connectivity index (χ2v) is 6.09. The van der Waals surface area contributed by atoms with Crippen LogP contribution in [0.2, 0.25) is 0 Å². The first-order valence-corrected chi connectivity index (χ1v) is 7.66. The maximum atomic E-state index is 13.5. The van der Waals surface area contributed by atoms with Gasteiger partial charge in [0.05, 0.1) is 6.10 Å². The zero-order valence-electron chi connectivity index (χ0n) is 11.8. The number of aliphatic hydroxyl groups excluding tert-OH is 1. The Labute approximate surface area is 123 Å². The summed E-state index contributed by atoms with van der Waals surface area (Å²) in [5, 5.41) is 10.1. The Morgan fingerprint density at radius 1 is 1.15 bits per heavy atom. The average molecular weight is 290 g/mol. The highest BCUT2D eigenvalue weighted by molar-refractivity contribution is 7.99. The molecule has 1 N–H and O–H groups in total. The summed E-state index contributed by atoms with van der Waals surface area (Å²) in [5.74, 6) is 0.269. The van der Waals surface area contributed by atoms with Crippen molar-refractivity contribution < 1.29 is 9.50 Å². The normalized spacial score (nSPS) is 12.4. The van der Waals surface area contributed by atoms with Crippen LogP contribution in [0.1, 0.15) is 16.7 Å². The summed E-state index contributed by atoms with van der Waals surface area (Å²) in [6.07, 6.45) is 0.134. The van der Waals surface area contributed by atoms with Crippen molar-refractivity contribution in [2.45, 2.75) is 31.3 Å². The van der Waals surface area contributed by atoms with Gasteiger partial charge in [0, 0.05) is 10.6 Å². The molecular weight excluding hydrogens is 271 g/mol. The zero-order valence-corrected chi connectivity index (χ0v) is 12.6. The minimum absolute atomic E-state index is 0.226. The van der Waals surface area contributed by atoms with E-state index in [1.165, 1.54) is 29.0 Å². The van der Waals surface area contributed by atoms with E-state index in [2.05, 4.69) is 18.2 Å². The highest BCUT2D eigenvalue weighted by Gasteiger charge is 2.10. The molecule has 0 amide bonds. The van der Waals surface area contributed by atoms with Gasteiger partial charge < -0.3 is 5.11 Å². The molecule has 0 spiro atoms. The Hall–Kier alpha value is -1.32. The van der Waals surface area contributed by atoms with Crippen LogP contribution in [0.25, 0.3) is 0 Å². The lowest BCUT2D eigenvalue weighted by Crippen LogP contribution is -2.14. The largest absolute Gasteiger partial charge is 0.392 e. The molecule has 2 rings (SSSR count). The Balaban J connectivity index is 1.94. The first-order chi connectivity index (χ1) is 9.56. The van der Waals surface area contributed by atoms with Crippen molar-refractivity contribution >= 4 is 11.8 Å². The molecule has 0 fully saturated rings. The Morgan fingerprint density at radius 3 is 2.65 bits per heavy atom. The van der Waals surface area contributed by atoms with E-state index in [1.807, 2.05) is 19.9 Å². The van der Waals surface area contributed by atoms with Crippen LogP contribution in [0.3, 0.4) is 0 Å². The summed E-state index contributed by atoms with van der Waals surface area (Å²) in [6, 6.07) is 12.9. The summed E-state index contributed by atoms with van der Waals surface area (Å²) >= 11 is 1.36. The predicted octanol–water partition coefficient (Wildman–Crippen LogP) is 4.14. The van der Waals surface area contributed by atoms with Gasteiger partial charge in [0.1, 0.15) is 5.82 Å². The predicted molar refractivity (Wildman–Crippen MR) is 82.8 cm³/mol. The number of thioether (sulfide) groups is 1. The smallest absolute Gasteiger partial charge is 0.136 e. The number of hydrogen-bond acceptors (Lipinski definition) is 2. The molecule has 0 bridgehead atoms. The van der Waals surface area contributed by atoms with Gasteiger partial charge in [-0.1, -0.05) is 35.9 Å². The molecule has 0 aliphatic rings. The van der Waals surface area contributed by atoms with Crippen LogP contribution in [-0.4, -0.2) is 17.0 Å². The minimum Gasteiger partial charge on any atom is -0.392 e. The SMILES string of the molecule is Cc1ccc(C)c(CC(O)CSc2ccccc2F)c1. The monoisotopic (exact) mass is 290 g/mol. The fraction of sp³-hybridized carbons (Fsp3) is 0.294. The van der Waals surface area contributed by atoms with E-state index < -0.39 is 6.10 Å². The molecule has 0 saturated heterocycles. The van der Waals surface area contributed by atoms with Gasteiger partial charge in [-0.15, -0.1) is 11.8 Å². The van der Waals surface area contributed by atoms with Gasteiger partial charge in [-0.05, 0) is 43.5 Å². The van der Waals surface area contributed by atoms with E-state index in [0.29, 0.717) is 17.1 Å². The molecular formula is C17H19FOS. The topological polar surface area (TPSA) is 20.2 Å². The van der Waals surface area contributed by atoms with Crippen LogP contribution in [0.4, 0.5) is 4.39 Å². The zero-order chi connectivity index (χ0) is 14.5. The van der Waals surface area contributed by atoms with Gasteiger partial charge in [-0.3, -0.25) is 0 Å². The summed E-state index contributed by atoms with van der Waals surface area (Å²) in [5.41, 5.74) is 3.54. The second-order valence-electron chi connectivity index (χ2n) is 5.03. The lowest BCUT2D eigenvalue weighted by Gasteiger charge is -2.13. The molecule has 106 valence electrons. The number of hydrogen-bond donors (Lipinski definition) is 1. The van der Waals surface area contributed by atoms with Gasteiger partial charge in [-0.25, -0.2) is 4.39 Å². The number of aliphatic hydroxyl groups is 1. The van der Waals surface area contributed by atoms with Crippen LogP contribution in [0, 0.1) is 19.7 Å². The van der Waals surface area contributed by atoms with E-state index in [0.717, 1.165) is 5.56 Å². The highest BCUT2D eigenvalue weighted by Crippen LogP contribution is 2.23. The Morgan fingerprint density at radius 2 is 1.90 bits per heavy atom. The van der Waals surface area contributed by atoms with E-state index in [4.69, 9.17) is 0 Å². The molecule has 2 aromatic rings. The average Bonchev–Trinajstić information content (AvgIpc) is 2.42. The summed E-state index contributed by atoms with van der Waals surface area (Å²) < 4.78 is 13.5. The van der Waals surface area contributed by atoms with Crippen LogP contribution in [-0.2, 0) is 6.42 Å². The van der Waals surface area contributed by atoms with Crippen molar-refractivity contribution in [3.8, 4) is 0 Å². The maximum absolute atomic E-state index is 13.5. The first-order valence-electron chi connectivity index (χ1n) is 6.68. The van der Waals surface area contributed by atoms with E-state index in [-0.39, 0.29) is 5.82 Å². The number of halogens is 1. The summed E-state index contributed by atoms with van der Waals surface area (Å²) in [4.78, 5) is 0.590. The minimum atomic E-state index is -0.472. The van der Waals surface area contributed by atoms with Crippen molar-refractivity contribution in [2.75, 3.05) is 5.75 Å². The molecule has 3 heteroatoms. The summed E-state index contributed by atoms with van der Waals surface area (Å²) in [6.45, 7) is 4.09. The first kappa shape index (κ1) is 15.1. The molecule has 1 nitrogen and oxygen atoms in total. The second kappa shape index (κ2) is 6.91. The van der Waals surface area contributed by atoms with Gasteiger partial charge in [0.2, 0.25) is 0 Å². The fourth-order valence-electron chi connectivity index (χ4n) is 2.08. The quantitative estimate of drug-likeness (QED) is 0.835. The van der Waals surface area contributed by atoms with Crippen LogP contribution in [0.15, 0.2) is 47.4 Å². The lowest BCUT2D eigenvalue weighted by molar-refractivity contribution is 0.200. The summed E-state index contributed by atoms with van der Waals surface area (Å²) in [7, 11) is 0. The van der Waals surface area contributed by atoms with Crippen LogP contribution < -0.4 is 0 Å².